The molecule has 1 aromatic carbocycles. The van der Waals surface area contributed by atoms with E-state index in [1.165, 1.54) is 6.92 Å². The fraction of sp³-hybridized carbons (Fsp3) is 0.571. The fourth-order valence-corrected chi connectivity index (χ4v) is 4.11. The number of rotatable bonds is 3. The van der Waals surface area contributed by atoms with Gasteiger partial charge in [0.15, 0.2) is 0 Å². The van der Waals surface area contributed by atoms with E-state index in [0.29, 0.717) is 6.54 Å². The molecule has 4 nitrogen and oxygen atoms in total. The minimum Gasteiger partial charge on any atom is -0.315 e. The van der Waals surface area contributed by atoms with E-state index in [0.717, 1.165) is 31.2 Å². The molecule has 1 saturated heterocycles. The summed E-state index contributed by atoms with van der Waals surface area (Å²) in [6.07, 6.45) is -3.64. The lowest BCUT2D eigenvalue weighted by Crippen LogP contribution is -2.50. The molecule has 0 saturated carbocycles. The van der Waals surface area contributed by atoms with Crippen LogP contribution in [-0.2, 0) is 16.2 Å². The maximum atomic E-state index is 12.6. The summed E-state index contributed by atoms with van der Waals surface area (Å²) in [5.74, 6) is 0.172. The standard InChI is InChI=1S/C14H19F3N2O2S/c1-9-5-6-18-8-12(9)19-22(20,21)13-4-3-11(7-10(13)2)14(15,16)17/h3-4,7,9,12,18-19H,5-6,8H2,1-2H3. The van der Waals surface area contributed by atoms with Crippen LogP contribution < -0.4 is 10.0 Å². The second kappa shape index (κ2) is 6.17. The summed E-state index contributed by atoms with van der Waals surface area (Å²) in [5, 5.41) is 3.11. The number of hydrogen-bond acceptors (Lipinski definition) is 3. The van der Waals surface area contributed by atoms with Crippen LogP contribution in [0.1, 0.15) is 24.5 Å². The molecule has 0 aliphatic carbocycles. The summed E-state index contributed by atoms with van der Waals surface area (Å²) in [6, 6.07) is 2.41. The van der Waals surface area contributed by atoms with Crippen molar-refractivity contribution in [1.82, 2.24) is 10.0 Å². The number of hydrogen-bond donors (Lipinski definition) is 2. The van der Waals surface area contributed by atoms with Gasteiger partial charge in [0.05, 0.1) is 10.5 Å². The van der Waals surface area contributed by atoms with Crippen molar-refractivity contribution in [2.24, 2.45) is 5.92 Å². The van der Waals surface area contributed by atoms with Crippen LogP contribution in [0, 0.1) is 12.8 Å². The molecule has 0 amide bonds. The van der Waals surface area contributed by atoms with E-state index in [9.17, 15) is 21.6 Å². The van der Waals surface area contributed by atoms with Crippen LogP contribution >= 0.6 is 0 Å². The molecule has 8 heteroatoms. The van der Waals surface area contributed by atoms with Gasteiger partial charge in [-0.25, -0.2) is 13.1 Å². The highest BCUT2D eigenvalue weighted by atomic mass is 32.2. The normalized spacial score (nSPS) is 23.5. The average Bonchev–Trinajstić information content (AvgIpc) is 2.40. The van der Waals surface area contributed by atoms with E-state index in [1.807, 2.05) is 6.92 Å². The molecule has 2 atom stereocenters. The monoisotopic (exact) mass is 336 g/mol. The molecule has 0 aromatic heterocycles. The summed E-state index contributed by atoms with van der Waals surface area (Å²) >= 11 is 0. The maximum Gasteiger partial charge on any atom is 0.416 e. The lowest BCUT2D eigenvalue weighted by atomic mass is 9.96. The number of aryl methyl sites for hydroxylation is 1. The first-order valence-corrected chi connectivity index (χ1v) is 8.50. The van der Waals surface area contributed by atoms with E-state index in [1.54, 1.807) is 0 Å². The highest BCUT2D eigenvalue weighted by Gasteiger charge is 2.32. The highest BCUT2D eigenvalue weighted by molar-refractivity contribution is 7.89. The Hall–Kier alpha value is -1.12. The smallest absolute Gasteiger partial charge is 0.315 e. The van der Waals surface area contributed by atoms with Crippen LogP contribution in [0.3, 0.4) is 0 Å². The van der Waals surface area contributed by atoms with E-state index in [4.69, 9.17) is 0 Å². The maximum absolute atomic E-state index is 12.6. The summed E-state index contributed by atoms with van der Waals surface area (Å²) < 4.78 is 65.3. The van der Waals surface area contributed by atoms with Gasteiger partial charge in [-0.2, -0.15) is 13.2 Å². The van der Waals surface area contributed by atoms with E-state index in [2.05, 4.69) is 10.0 Å². The highest BCUT2D eigenvalue weighted by Crippen LogP contribution is 2.31. The lowest BCUT2D eigenvalue weighted by molar-refractivity contribution is -0.137. The van der Waals surface area contributed by atoms with Gasteiger partial charge in [-0.3, -0.25) is 0 Å². The summed E-state index contributed by atoms with van der Waals surface area (Å²) in [6.45, 7) is 4.67. The fourth-order valence-electron chi connectivity index (χ4n) is 2.54. The van der Waals surface area contributed by atoms with Crippen molar-refractivity contribution in [3.05, 3.63) is 29.3 Å². The Kier molecular flexibility index (Phi) is 4.84. The molecule has 1 aromatic rings. The Balaban J connectivity index is 2.26. The van der Waals surface area contributed by atoms with Crippen LogP contribution in [0.25, 0.3) is 0 Å². The largest absolute Gasteiger partial charge is 0.416 e. The summed E-state index contributed by atoms with van der Waals surface area (Å²) in [5.41, 5.74) is -0.768. The molecule has 124 valence electrons. The van der Waals surface area contributed by atoms with Crippen molar-refractivity contribution < 1.29 is 21.6 Å². The van der Waals surface area contributed by atoms with Crippen LogP contribution in [0.2, 0.25) is 0 Å². The van der Waals surface area contributed by atoms with Gasteiger partial charge in [-0.1, -0.05) is 6.92 Å². The minimum absolute atomic E-state index is 0.0822. The summed E-state index contributed by atoms with van der Waals surface area (Å²) in [7, 11) is -3.84. The number of sulfonamides is 1. The Bertz CT molecular complexity index is 644. The van der Waals surface area contributed by atoms with E-state index >= 15 is 0 Å². The zero-order chi connectivity index (χ0) is 16.5. The molecule has 2 unspecified atom stereocenters. The molecular weight excluding hydrogens is 317 g/mol. The Morgan fingerprint density at radius 1 is 1.32 bits per heavy atom. The third kappa shape index (κ3) is 3.80. The van der Waals surface area contributed by atoms with Gasteiger partial charge in [0.1, 0.15) is 0 Å². The van der Waals surface area contributed by atoms with Crippen molar-refractivity contribution in [3.63, 3.8) is 0 Å². The molecule has 22 heavy (non-hydrogen) atoms. The van der Waals surface area contributed by atoms with Crippen LogP contribution in [0.15, 0.2) is 23.1 Å². The lowest BCUT2D eigenvalue weighted by Gasteiger charge is -2.30. The zero-order valence-corrected chi connectivity index (χ0v) is 13.2. The second-order valence-electron chi connectivity index (χ2n) is 5.68. The van der Waals surface area contributed by atoms with Crippen LogP contribution in [0.4, 0.5) is 13.2 Å². The third-order valence-corrected chi connectivity index (χ3v) is 5.58. The molecule has 1 heterocycles. The van der Waals surface area contributed by atoms with Gasteiger partial charge >= 0.3 is 6.18 Å². The molecule has 1 aliphatic rings. The Morgan fingerprint density at radius 2 is 2.00 bits per heavy atom. The predicted molar refractivity (Wildman–Crippen MR) is 76.9 cm³/mol. The third-order valence-electron chi connectivity index (χ3n) is 3.93. The topological polar surface area (TPSA) is 58.2 Å². The second-order valence-corrected chi connectivity index (χ2v) is 7.36. The first kappa shape index (κ1) is 17.2. The zero-order valence-electron chi connectivity index (χ0n) is 12.4. The number of benzene rings is 1. The molecule has 0 bridgehead atoms. The van der Waals surface area contributed by atoms with Crippen LogP contribution in [0.5, 0.6) is 0 Å². The quantitative estimate of drug-likeness (QED) is 0.890. The molecule has 1 fully saturated rings. The molecule has 2 rings (SSSR count). The molecule has 0 spiro atoms. The SMILES string of the molecule is Cc1cc(C(F)(F)F)ccc1S(=O)(=O)NC1CNCCC1C. The molecule has 1 aliphatic heterocycles. The average molecular weight is 336 g/mol. The van der Waals surface area contributed by atoms with Gasteiger partial charge < -0.3 is 5.32 Å². The Morgan fingerprint density at radius 3 is 2.55 bits per heavy atom. The number of halogens is 3. The predicted octanol–water partition coefficient (Wildman–Crippen LogP) is 2.29. The molecule has 0 radical (unpaired) electrons. The van der Waals surface area contributed by atoms with Crippen molar-refractivity contribution in [3.8, 4) is 0 Å². The van der Waals surface area contributed by atoms with Gasteiger partial charge in [0, 0.05) is 12.6 Å². The van der Waals surface area contributed by atoms with E-state index < -0.39 is 21.8 Å². The molecule has 2 N–H and O–H groups in total. The summed E-state index contributed by atoms with van der Waals surface area (Å²) in [4.78, 5) is -0.113. The van der Waals surface area contributed by atoms with Gasteiger partial charge in [0.25, 0.3) is 0 Å². The number of piperidine rings is 1. The van der Waals surface area contributed by atoms with Crippen molar-refractivity contribution in [2.75, 3.05) is 13.1 Å². The number of nitrogens with one attached hydrogen (secondary N) is 2. The van der Waals surface area contributed by atoms with Crippen molar-refractivity contribution in [1.29, 1.82) is 0 Å². The van der Waals surface area contributed by atoms with Gasteiger partial charge in [-0.05, 0) is 49.6 Å². The van der Waals surface area contributed by atoms with Crippen molar-refractivity contribution in [2.45, 2.75) is 37.4 Å². The van der Waals surface area contributed by atoms with Gasteiger partial charge in [0.2, 0.25) is 10.0 Å². The first-order chi connectivity index (χ1) is 10.1. The minimum atomic E-state index is -4.48. The molecular formula is C14H19F3N2O2S. The van der Waals surface area contributed by atoms with Crippen LogP contribution in [-0.4, -0.2) is 27.5 Å². The first-order valence-electron chi connectivity index (χ1n) is 7.02. The number of alkyl halides is 3. The van der Waals surface area contributed by atoms with E-state index in [-0.39, 0.29) is 22.4 Å². The van der Waals surface area contributed by atoms with Gasteiger partial charge in [-0.15, -0.1) is 0 Å². The Labute approximate surface area is 128 Å². The van der Waals surface area contributed by atoms with Crippen molar-refractivity contribution >= 4 is 10.0 Å².